The van der Waals surface area contributed by atoms with Gasteiger partial charge < -0.3 is 15.0 Å². The number of nitrogens with one attached hydrogen (secondary N) is 2. The fourth-order valence-electron chi connectivity index (χ4n) is 2.16. The molecule has 0 atom stereocenters. The number of benzene rings is 2. The lowest BCUT2D eigenvalue weighted by atomic mass is 10.1. The van der Waals surface area contributed by atoms with E-state index < -0.39 is 0 Å². The number of amides is 1. The number of rotatable bonds is 3. The van der Waals surface area contributed by atoms with Crippen LogP contribution < -0.4 is 10.1 Å². The predicted octanol–water partition coefficient (Wildman–Crippen LogP) is 3.43. The van der Waals surface area contributed by atoms with E-state index in [4.69, 9.17) is 4.74 Å². The van der Waals surface area contributed by atoms with Crippen LogP contribution in [0.25, 0.3) is 10.9 Å². The molecule has 1 heterocycles. The van der Waals surface area contributed by atoms with E-state index in [2.05, 4.69) is 10.3 Å². The maximum Gasteiger partial charge on any atom is 0.259 e. The summed E-state index contributed by atoms with van der Waals surface area (Å²) in [5, 5.41) is 3.99. The van der Waals surface area contributed by atoms with Gasteiger partial charge in [0.15, 0.2) is 0 Å². The minimum absolute atomic E-state index is 0.187. The largest absolute Gasteiger partial charge is 0.496 e. The van der Waals surface area contributed by atoms with E-state index in [0.717, 1.165) is 16.6 Å². The Bertz CT molecular complexity index is 762. The molecule has 0 fully saturated rings. The second kappa shape index (κ2) is 5.09. The number of para-hydroxylation sites is 1. The third-order valence-corrected chi connectivity index (χ3v) is 3.16. The lowest BCUT2D eigenvalue weighted by Crippen LogP contribution is -2.13. The molecule has 4 nitrogen and oxygen atoms in total. The number of hydrogen-bond donors (Lipinski definition) is 2. The number of aromatic amines is 1. The Hall–Kier alpha value is -2.75. The summed E-state index contributed by atoms with van der Waals surface area (Å²) in [5.41, 5.74) is 2.25. The summed E-state index contributed by atoms with van der Waals surface area (Å²) in [6.45, 7) is 0. The summed E-state index contributed by atoms with van der Waals surface area (Å²) in [6, 6.07) is 14.9. The average Bonchev–Trinajstić information content (AvgIpc) is 2.94. The zero-order valence-corrected chi connectivity index (χ0v) is 11.0. The van der Waals surface area contributed by atoms with E-state index in [1.807, 2.05) is 42.6 Å². The Labute approximate surface area is 116 Å². The molecule has 2 N–H and O–H groups in total. The third kappa shape index (κ3) is 2.23. The maximum absolute atomic E-state index is 12.3. The highest BCUT2D eigenvalue weighted by atomic mass is 16.5. The van der Waals surface area contributed by atoms with Crippen molar-refractivity contribution in [1.82, 2.24) is 4.98 Å². The molecule has 100 valence electrons. The van der Waals surface area contributed by atoms with E-state index in [-0.39, 0.29) is 5.91 Å². The molecule has 0 unspecified atom stereocenters. The van der Waals surface area contributed by atoms with Crippen molar-refractivity contribution in [2.45, 2.75) is 0 Å². The maximum atomic E-state index is 12.3. The standard InChI is InChI=1S/C16H14N2O2/c1-20-15-5-3-2-4-13(15)16(19)18-12-7-6-11-8-9-17-14(11)10-12/h2-10,17H,1H3,(H,18,19). The lowest BCUT2D eigenvalue weighted by molar-refractivity contribution is 0.102. The molecular formula is C16H14N2O2. The van der Waals surface area contributed by atoms with Crippen LogP contribution in [0.2, 0.25) is 0 Å². The highest BCUT2D eigenvalue weighted by molar-refractivity contribution is 6.06. The smallest absolute Gasteiger partial charge is 0.259 e. The van der Waals surface area contributed by atoms with Crippen molar-refractivity contribution in [1.29, 1.82) is 0 Å². The van der Waals surface area contributed by atoms with Gasteiger partial charge >= 0.3 is 0 Å². The van der Waals surface area contributed by atoms with Crippen molar-refractivity contribution in [3.05, 3.63) is 60.3 Å². The van der Waals surface area contributed by atoms with Crippen LogP contribution in [0.5, 0.6) is 5.75 Å². The number of carbonyl (C=O) groups excluding carboxylic acids is 1. The quantitative estimate of drug-likeness (QED) is 0.763. The molecule has 1 amide bonds. The molecule has 0 saturated heterocycles. The van der Waals surface area contributed by atoms with E-state index in [0.29, 0.717) is 11.3 Å². The number of H-pyrrole nitrogens is 1. The van der Waals surface area contributed by atoms with Crippen LogP contribution in [0.1, 0.15) is 10.4 Å². The fourth-order valence-corrected chi connectivity index (χ4v) is 2.16. The zero-order valence-electron chi connectivity index (χ0n) is 11.0. The van der Waals surface area contributed by atoms with Gasteiger partial charge in [-0.1, -0.05) is 18.2 Å². The van der Waals surface area contributed by atoms with Gasteiger partial charge in [0.25, 0.3) is 5.91 Å². The molecule has 3 aromatic rings. The molecule has 20 heavy (non-hydrogen) atoms. The van der Waals surface area contributed by atoms with Gasteiger partial charge in [-0.05, 0) is 35.7 Å². The molecule has 3 rings (SSSR count). The van der Waals surface area contributed by atoms with Crippen LogP contribution in [0, 0.1) is 0 Å². The monoisotopic (exact) mass is 266 g/mol. The molecule has 0 spiro atoms. The Morgan fingerprint density at radius 3 is 2.85 bits per heavy atom. The van der Waals surface area contributed by atoms with Crippen molar-refractivity contribution >= 4 is 22.5 Å². The van der Waals surface area contributed by atoms with Gasteiger partial charge in [0.2, 0.25) is 0 Å². The molecule has 4 heteroatoms. The minimum Gasteiger partial charge on any atom is -0.496 e. The Balaban J connectivity index is 1.88. The number of aromatic nitrogens is 1. The summed E-state index contributed by atoms with van der Waals surface area (Å²) >= 11 is 0. The van der Waals surface area contributed by atoms with E-state index >= 15 is 0 Å². The fraction of sp³-hybridized carbons (Fsp3) is 0.0625. The summed E-state index contributed by atoms with van der Waals surface area (Å²) in [4.78, 5) is 15.4. The van der Waals surface area contributed by atoms with Crippen LogP contribution in [0.4, 0.5) is 5.69 Å². The van der Waals surface area contributed by atoms with Gasteiger partial charge in [-0.2, -0.15) is 0 Å². The van der Waals surface area contributed by atoms with Gasteiger partial charge in [-0.3, -0.25) is 4.79 Å². The number of hydrogen-bond acceptors (Lipinski definition) is 2. The summed E-state index contributed by atoms with van der Waals surface area (Å²) in [7, 11) is 1.55. The minimum atomic E-state index is -0.187. The molecule has 0 aliphatic rings. The number of ether oxygens (including phenoxy) is 1. The normalized spacial score (nSPS) is 10.4. The van der Waals surface area contributed by atoms with Gasteiger partial charge in [0.1, 0.15) is 5.75 Å². The first-order valence-corrected chi connectivity index (χ1v) is 6.29. The van der Waals surface area contributed by atoms with Crippen LogP contribution in [0.3, 0.4) is 0 Å². The van der Waals surface area contributed by atoms with E-state index in [1.54, 1.807) is 19.2 Å². The van der Waals surface area contributed by atoms with Crippen molar-refractivity contribution in [2.75, 3.05) is 12.4 Å². The van der Waals surface area contributed by atoms with Crippen molar-refractivity contribution < 1.29 is 9.53 Å². The van der Waals surface area contributed by atoms with Crippen molar-refractivity contribution in [2.24, 2.45) is 0 Å². The molecule has 0 bridgehead atoms. The van der Waals surface area contributed by atoms with Crippen molar-refractivity contribution in [3.63, 3.8) is 0 Å². The van der Waals surface area contributed by atoms with E-state index in [9.17, 15) is 4.79 Å². The summed E-state index contributed by atoms with van der Waals surface area (Å²) < 4.78 is 5.20. The number of anilines is 1. The van der Waals surface area contributed by atoms with Crippen LogP contribution in [-0.4, -0.2) is 18.0 Å². The molecular weight excluding hydrogens is 252 g/mol. The molecule has 0 aliphatic heterocycles. The Kier molecular flexibility index (Phi) is 3.13. The highest BCUT2D eigenvalue weighted by Crippen LogP contribution is 2.21. The molecule has 0 saturated carbocycles. The predicted molar refractivity (Wildman–Crippen MR) is 79.2 cm³/mol. The molecule has 0 radical (unpaired) electrons. The second-order valence-corrected chi connectivity index (χ2v) is 4.43. The Morgan fingerprint density at radius 2 is 2.00 bits per heavy atom. The first-order valence-electron chi connectivity index (χ1n) is 6.29. The first-order chi connectivity index (χ1) is 9.78. The number of carbonyl (C=O) groups is 1. The van der Waals surface area contributed by atoms with Crippen LogP contribution in [-0.2, 0) is 0 Å². The summed E-state index contributed by atoms with van der Waals surface area (Å²) in [5.74, 6) is 0.374. The van der Waals surface area contributed by atoms with Gasteiger partial charge in [-0.15, -0.1) is 0 Å². The number of fused-ring (bicyclic) bond motifs is 1. The van der Waals surface area contributed by atoms with Gasteiger partial charge in [-0.25, -0.2) is 0 Å². The van der Waals surface area contributed by atoms with Gasteiger partial charge in [0, 0.05) is 17.4 Å². The van der Waals surface area contributed by atoms with Crippen LogP contribution in [0.15, 0.2) is 54.7 Å². The molecule has 0 aliphatic carbocycles. The van der Waals surface area contributed by atoms with Crippen LogP contribution >= 0.6 is 0 Å². The highest BCUT2D eigenvalue weighted by Gasteiger charge is 2.11. The van der Waals surface area contributed by atoms with E-state index in [1.165, 1.54) is 0 Å². The molecule has 2 aromatic carbocycles. The Morgan fingerprint density at radius 1 is 1.15 bits per heavy atom. The third-order valence-electron chi connectivity index (χ3n) is 3.16. The topological polar surface area (TPSA) is 54.1 Å². The lowest BCUT2D eigenvalue weighted by Gasteiger charge is -2.09. The zero-order chi connectivity index (χ0) is 13.9. The first kappa shape index (κ1) is 12.3. The SMILES string of the molecule is COc1ccccc1C(=O)Nc1ccc2cc[nH]c2c1. The summed E-state index contributed by atoms with van der Waals surface area (Å²) in [6.07, 6.45) is 1.87. The average molecular weight is 266 g/mol. The van der Waals surface area contributed by atoms with Crippen molar-refractivity contribution in [3.8, 4) is 5.75 Å². The number of methoxy groups -OCH3 is 1. The second-order valence-electron chi connectivity index (χ2n) is 4.43. The molecule has 1 aromatic heterocycles. The van der Waals surface area contributed by atoms with Gasteiger partial charge in [0.05, 0.1) is 12.7 Å².